The third-order valence-electron chi connectivity index (χ3n) is 5.63. The Morgan fingerprint density at radius 3 is 2.32 bits per heavy atom. The predicted molar refractivity (Wildman–Crippen MR) is 124 cm³/mol. The molecule has 0 N–H and O–H groups in total. The van der Waals surface area contributed by atoms with E-state index < -0.39 is 0 Å². The van der Waals surface area contributed by atoms with Crippen LogP contribution < -0.4 is 9.47 Å². The molecule has 0 aliphatic heterocycles. The van der Waals surface area contributed by atoms with E-state index in [2.05, 4.69) is 25.0 Å². The van der Waals surface area contributed by atoms with E-state index in [9.17, 15) is 4.39 Å². The summed E-state index contributed by atoms with van der Waals surface area (Å²) in [5.41, 5.74) is 1.84. The van der Waals surface area contributed by atoms with Crippen molar-refractivity contribution < 1.29 is 13.9 Å². The number of aryl methyl sites for hydroxylation is 1. The van der Waals surface area contributed by atoms with E-state index >= 15 is 0 Å². The summed E-state index contributed by atoms with van der Waals surface area (Å²) in [5.74, 6) is 4.39. The van der Waals surface area contributed by atoms with Gasteiger partial charge in [0.1, 0.15) is 11.5 Å². The smallest absolute Gasteiger partial charge is 0.165 e. The highest BCUT2D eigenvalue weighted by Crippen LogP contribution is 2.34. The van der Waals surface area contributed by atoms with Crippen LogP contribution in [0.3, 0.4) is 0 Å². The summed E-state index contributed by atoms with van der Waals surface area (Å²) in [6.07, 6.45) is 9.39. The minimum Gasteiger partial charge on any atom is -0.494 e. The zero-order valence-corrected chi connectivity index (χ0v) is 18.2. The first-order valence-corrected chi connectivity index (χ1v) is 10.8. The van der Waals surface area contributed by atoms with Crippen molar-refractivity contribution in [3.8, 4) is 29.6 Å². The first-order chi connectivity index (χ1) is 15.1. The van der Waals surface area contributed by atoms with Crippen LogP contribution in [0, 0.1) is 18.2 Å². The van der Waals surface area contributed by atoms with Crippen LogP contribution in [-0.4, -0.2) is 6.61 Å². The van der Waals surface area contributed by atoms with Gasteiger partial charge in [0, 0.05) is 0 Å². The average Bonchev–Trinajstić information content (AvgIpc) is 2.81. The fraction of sp³-hybridized carbons (Fsp3) is 0.286. The van der Waals surface area contributed by atoms with Gasteiger partial charge in [0.05, 0.1) is 12.0 Å². The molecule has 0 fully saturated rings. The molecule has 3 rings (SSSR count). The summed E-state index contributed by atoms with van der Waals surface area (Å²) < 4.78 is 25.5. The number of halogens is 1. The van der Waals surface area contributed by atoms with Gasteiger partial charge in [-0.2, -0.15) is 0 Å². The van der Waals surface area contributed by atoms with E-state index in [0.717, 1.165) is 42.6 Å². The maximum atomic E-state index is 14.2. The molecule has 0 aromatic heterocycles. The summed E-state index contributed by atoms with van der Waals surface area (Å²) in [5, 5.41) is 0. The van der Waals surface area contributed by atoms with Gasteiger partial charge in [0.25, 0.3) is 0 Å². The van der Waals surface area contributed by atoms with E-state index in [4.69, 9.17) is 15.9 Å². The van der Waals surface area contributed by atoms with Gasteiger partial charge >= 0.3 is 0 Å². The maximum absolute atomic E-state index is 14.2. The first-order valence-electron chi connectivity index (χ1n) is 10.8. The number of rotatable bonds is 10. The maximum Gasteiger partial charge on any atom is 0.165 e. The Hall–Kier alpha value is -3.25. The number of hydrogen-bond donors (Lipinski definition) is 0. The van der Waals surface area contributed by atoms with Crippen molar-refractivity contribution in [2.24, 2.45) is 0 Å². The van der Waals surface area contributed by atoms with Gasteiger partial charge in [-0.05, 0) is 80.1 Å². The Balaban J connectivity index is 1.68. The van der Waals surface area contributed by atoms with Crippen molar-refractivity contribution in [3.63, 3.8) is 0 Å². The van der Waals surface area contributed by atoms with E-state index in [1.165, 1.54) is 6.07 Å². The predicted octanol–water partition coefficient (Wildman–Crippen LogP) is 7.32. The molecule has 3 aromatic carbocycles. The molecule has 3 heteroatoms. The number of benzene rings is 3. The molecule has 0 spiro atoms. The lowest BCUT2D eigenvalue weighted by molar-refractivity contribution is 0.340. The molecule has 2 nitrogen and oxygen atoms in total. The normalized spacial score (nSPS) is 12.6. The van der Waals surface area contributed by atoms with Crippen LogP contribution in [0.25, 0.3) is 0 Å². The van der Waals surface area contributed by atoms with E-state index in [1.807, 2.05) is 55.5 Å². The lowest BCUT2D eigenvalue weighted by Crippen LogP contribution is -2.23. The molecule has 0 radical (unpaired) electrons. The van der Waals surface area contributed by atoms with Gasteiger partial charge in [-0.3, -0.25) is 0 Å². The van der Waals surface area contributed by atoms with Crippen molar-refractivity contribution in [1.82, 2.24) is 0 Å². The van der Waals surface area contributed by atoms with Crippen LogP contribution in [0.5, 0.6) is 17.2 Å². The molecule has 0 amide bonds. The molecule has 0 bridgehead atoms. The van der Waals surface area contributed by atoms with Crippen LogP contribution in [0.15, 0.2) is 72.8 Å². The Kier molecular flexibility index (Phi) is 7.73. The second-order valence-corrected chi connectivity index (χ2v) is 7.57. The first kappa shape index (κ1) is 22.4. The fourth-order valence-electron chi connectivity index (χ4n) is 3.81. The Morgan fingerprint density at radius 2 is 1.68 bits per heavy atom. The zero-order valence-electron chi connectivity index (χ0n) is 18.2. The SMILES string of the molecule is C#CC(CC)(CCCc1ccc(F)c(Oc2ccccc2)c1)c1ccc(OCC)cc1. The second-order valence-electron chi connectivity index (χ2n) is 7.57. The molecule has 3 aromatic rings. The van der Waals surface area contributed by atoms with Gasteiger partial charge in [0.15, 0.2) is 11.6 Å². The summed E-state index contributed by atoms with van der Waals surface area (Å²) in [6.45, 7) is 4.73. The Bertz CT molecular complexity index is 1010. The highest BCUT2D eigenvalue weighted by Gasteiger charge is 2.27. The third kappa shape index (κ3) is 5.67. The monoisotopic (exact) mass is 416 g/mol. The van der Waals surface area contributed by atoms with Crippen molar-refractivity contribution in [2.75, 3.05) is 6.61 Å². The van der Waals surface area contributed by atoms with Crippen LogP contribution in [0.1, 0.15) is 44.2 Å². The van der Waals surface area contributed by atoms with E-state index in [0.29, 0.717) is 12.4 Å². The van der Waals surface area contributed by atoms with Gasteiger partial charge in [0.2, 0.25) is 0 Å². The van der Waals surface area contributed by atoms with Crippen molar-refractivity contribution in [2.45, 2.75) is 44.9 Å². The minimum absolute atomic E-state index is 0.244. The topological polar surface area (TPSA) is 18.5 Å². The Morgan fingerprint density at radius 1 is 0.935 bits per heavy atom. The number of hydrogen-bond acceptors (Lipinski definition) is 2. The molecular weight excluding hydrogens is 387 g/mol. The quantitative estimate of drug-likeness (QED) is 0.322. The number of terminal acetylenes is 1. The van der Waals surface area contributed by atoms with Crippen molar-refractivity contribution in [1.29, 1.82) is 0 Å². The molecule has 0 saturated carbocycles. The number of ether oxygens (including phenoxy) is 2. The van der Waals surface area contributed by atoms with Crippen LogP contribution in [0.2, 0.25) is 0 Å². The zero-order chi connectivity index (χ0) is 22.1. The van der Waals surface area contributed by atoms with Crippen LogP contribution in [0.4, 0.5) is 4.39 Å². The molecule has 31 heavy (non-hydrogen) atoms. The van der Waals surface area contributed by atoms with Crippen molar-refractivity contribution in [3.05, 3.63) is 89.7 Å². The van der Waals surface area contributed by atoms with Crippen molar-refractivity contribution >= 4 is 0 Å². The summed E-state index contributed by atoms with van der Waals surface area (Å²) in [4.78, 5) is 0. The molecular formula is C28H29FO2. The lowest BCUT2D eigenvalue weighted by atomic mass is 9.75. The largest absolute Gasteiger partial charge is 0.494 e. The van der Waals surface area contributed by atoms with Crippen LogP contribution >= 0.6 is 0 Å². The molecule has 0 saturated heterocycles. The Labute approximate surface area is 185 Å². The van der Waals surface area contributed by atoms with Gasteiger partial charge in [-0.15, -0.1) is 6.42 Å². The highest BCUT2D eigenvalue weighted by molar-refractivity contribution is 5.38. The average molecular weight is 417 g/mol. The minimum atomic E-state index is -0.367. The van der Waals surface area contributed by atoms with Gasteiger partial charge in [-0.1, -0.05) is 49.2 Å². The second kappa shape index (κ2) is 10.7. The van der Waals surface area contributed by atoms with E-state index in [1.54, 1.807) is 6.07 Å². The molecule has 0 aliphatic carbocycles. The third-order valence-corrected chi connectivity index (χ3v) is 5.63. The van der Waals surface area contributed by atoms with Gasteiger partial charge in [-0.25, -0.2) is 4.39 Å². The fourth-order valence-corrected chi connectivity index (χ4v) is 3.81. The standard InChI is InChI=1S/C28H29FO2/c1-4-28(5-2,23-15-17-24(18-16-23)30-6-3)20-10-11-22-14-19-26(29)27(21-22)31-25-12-8-7-9-13-25/h1,7-9,12-19,21H,5-6,10-11,20H2,2-3H3. The molecule has 1 unspecified atom stereocenters. The number of para-hydroxylation sites is 1. The van der Waals surface area contributed by atoms with Crippen LogP contribution in [-0.2, 0) is 11.8 Å². The van der Waals surface area contributed by atoms with E-state index in [-0.39, 0.29) is 17.0 Å². The summed E-state index contributed by atoms with van der Waals surface area (Å²) >= 11 is 0. The lowest BCUT2D eigenvalue weighted by Gasteiger charge is -2.28. The van der Waals surface area contributed by atoms with Gasteiger partial charge < -0.3 is 9.47 Å². The highest BCUT2D eigenvalue weighted by atomic mass is 19.1. The summed E-state index contributed by atoms with van der Waals surface area (Å²) in [7, 11) is 0. The molecule has 160 valence electrons. The molecule has 0 heterocycles. The summed E-state index contributed by atoms with van der Waals surface area (Å²) in [6, 6.07) is 22.4. The molecule has 0 aliphatic rings. The molecule has 1 atom stereocenters.